The van der Waals surface area contributed by atoms with E-state index in [9.17, 15) is 4.79 Å². The van der Waals surface area contributed by atoms with Gasteiger partial charge in [0.15, 0.2) is 16.7 Å². The number of thioether (sulfide) groups is 1. The summed E-state index contributed by atoms with van der Waals surface area (Å²) < 4.78 is 10.6. The molecule has 1 amide bonds. The molecule has 2 aromatic carbocycles. The van der Waals surface area contributed by atoms with Gasteiger partial charge >= 0.3 is 0 Å². The summed E-state index contributed by atoms with van der Waals surface area (Å²) in [6.07, 6.45) is 0. The van der Waals surface area contributed by atoms with Gasteiger partial charge in [0.25, 0.3) is 0 Å². The number of benzene rings is 2. The molecular weight excluding hydrogens is 362 g/mol. The first-order valence-corrected chi connectivity index (χ1v) is 9.49. The summed E-state index contributed by atoms with van der Waals surface area (Å²) in [5, 5.41) is 3.68. The van der Waals surface area contributed by atoms with Crippen LogP contribution in [0.25, 0.3) is 5.70 Å². The largest absolute Gasteiger partial charge is 0.454 e. The van der Waals surface area contributed by atoms with Crippen LogP contribution in [0.2, 0.25) is 0 Å². The fraction of sp³-hybridized carbons (Fsp3) is 0.200. The zero-order valence-electron chi connectivity index (χ0n) is 14.9. The number of nitrogens with one attached hydrogen (secondary N) is 1. The van der Waals surface area contributed by atoms with Gasteiger partial charge in [-0.1, -0.05) is 42.6 Å². The van der Waals surface area contributed by atoms with E-state index in [1.165, 1.54) is 11.8 Å². The molecule has 1 N–H and O–H groups in total. The minimum Gasteiger partial charge on any atom is -0.454 e. The summed E-state index contributed by atoms with van der Waals surface area (Å²) in [5.74, 6) is 1.67. The highest BCUT2D eigenvalue weighted by Gasteiger charge is 2.21. The molecule has 0 atom stereocenters. The van der Waals surface area contributed by atoms with Gasteiger partial charge in [-0.3, -0.25) is 4.79 Å². The van der Waals surface area contributed by atoms with Crippen LogP contribution in [-0.4, -0.2) is 35.6 Å². The summed E-state index contributed by atoms with van der Waals surface area (Å²) in [4.78, 5) is 18.8. The number of rotatable bonds is 4. The Kier molecular flexibility index (Phi) is 4.77. The number of carbonyl (C=O) groups is 1. The second kappa shape index (κ2) is 7.36. The van der Waals surface area contributed by atoms with Crippen LogP contribution in [-0.2, 0) is 11.3 Å². The smallest absolute Gasteiger partial charge is 0.231 e. The van der Waals surface area contributed by atoms with Gasteiger partial charge in [0, 0.05) is 24.9 Å². The maximum absolute atomic E-state index is 12.2. The predicted molar refractivity (Wildman–Crippen MR) is 107 cm³/mol. The minimum absolute atomic E-state index is 0.0572. The number of para-hydroxylation sites is 1. The Bertz CT molecular complexity index is 942. The summed E-state index contributed by atoms with van der Waals surface area (Å²) in [7, 11) is 1.91. The molecule has 0 saturated heterocycles. The van der Waals surface area contributed by atoms with Gasteiger partial charge < -0.3 is 19.7 Å². The van der Waals surface area contributed by atoms with Gasteiger partial charge in [-0.15, -0.1) is 0 Å². The van der Waals surface area contributed by atoms with Crippen LogP contribution in [0.15, 0.2) is 54.0 Å². The highest BCUT2D eigenvalue weighted by atomic mass is 32.2. The number of aliphatic imine (C=N–C) groups is 1. The van der Waals surface area contributed by atoms with Crippen LogP contribution in [0.4, 0.5) is 5.69 Å². The Hall–Kier alpha value is -2.93. The monoisotopic (exact) mass is 381 g/mol. The zero-order chi connectivity index (χ0) is 18.8. The lowest BCUT2D eigenvalue weighted by molar-refractivity contribution is -0.118. The van der Waals surface area contributed by atoms with Crippen molar-refractivity contribution in [2.75, 3.05) is 19.6 Å². The fourth-order valence-electron chi connectivity index (χ4n) is 2.85. The maximum atomic E-state index is 12.2. The number of nitrogens with zero attached hydrogens (tertiary/aromatic N) is 2. The number of fused-ring (bicyclic) bond motifs is 2. The molecule has 0 bridgehead atoms. The molecule has 27 heavy (non-hydrogen) atoms. The Labute approximate surface area is 161 Å². The lowest BCUT2D eigenvalue weighted by Gasteiger charge is -2.28. The predicted octanol–water partition coefficient (Wildman–Crippen LogP) is 3.37. The molecule has 0 aliphatic carbocycles. The van der Waals surface area contributed by atoms with Crippen molar-refractivity contribution in [2.24, 2.45) is 4.99 Å². The molecule has 0 saturated carbocycles. The van der Waals surface area contributed by atoms with Crippen molar-refractivity contribution in [2.45, 2.75) is 6.54 Å². The van der Waals surface area contributed by atoms with Crippen LogP contribution >= 0.6 is 11.8 Å². The van der Waals surface area contributed by atoms with E-state index in [1.54, 1.807) is 0 Å². The Morgan fingerprint density at radius 2 is 2.07 bits per heavy atom. The number of hydrogen-bond acceptors (Lipinski definition) is 6. The first-order valence-electron chi connectivity index (χ1n) is 8.50. The molecule has 4 rings (SSSR count). The zero-order valence-corrected chi connectivity index (χ0v) is 15.7. The first-order chi connectivity index (χ1) is 13.1. The van der Waals surface area contributed by atoms with Crippen molar-refractivity contribution < 1.29 is 14.3 Å². The lowest BCUT2D eigenvalue weighted by Crippen LogP contribution is -2.29. The molecule has 2 heterocycles. The molecule has 0 fully saturated rings. The van der Waals surface area contributed by atoms with Gasteiger partial charge in [-0.25, -0.2) is 4.99 Å². The first kappa shape index (κ1) is 17.5. The van der Waals surface area contributed by atoms with E-state index in [1.807, 2.05) is 54.4 Å². The van der Waals surface area contributed by atoms with Crippen molar-refractivity contribution in [3.05, 3.63) is 60.2 Å². The van der Waals surface area contributed by atoms with E-state index in [0.29, 0.717) is 12.3 Å². The molecule has 138 valence electrons. The average Bonchev–Trinajstić information content (AvgIpc) is 3.16. The fourth-order valence-corrected chi connectivity index (χ4v) is 3.68. The molecule has 0 spiro atoms. The molecular formula is C20H19N3O3S. The Morgan fingerprint density at radius 1 is 1.26 bits per heavy atom. The molecule has 0 unspecified atom stereocenters. The highest BCUT2D eigenvalue weighted by molar-refractivity contribution is 8.14. The highest BCUT2D eigenvalue weighted by Crippen LogP contribution is 2.34. The van der Waals surface area contributed by atoms with E-state index in [0.717, 1.165) is 33.4 Å². The number of hydrogen-bond donors (Lipinski definition) is 1. The quantitative estimate of drug-likeness (QED) is 0.880. The number of amidine groups is 1. The Morgan fingerprint density at radius 3 is 2.96 bits per heavy atom. The molecule has 7 heteroatoms. The van der Waals surface area contributed by atoms with Crippen molar-refractivity contribution in [1.82, 2.24) is 10.2 Å². The SMILES string of the molecule is C=C1c2ccccc2N=C(SCC(=O)NCc2ccc3c(c2)OCO3)N1C. The van der Waals surface area contributed by atoms with Crippen LogP contribution in [0, 0.1) is 0 Å². The van der Waals surface area contributed by atoms with Crippen LogP contribution < -0.4 is 14.8 Å². The van der Waals surface area contributed by atoms with Crippen LogP contribution in [0.5, 0.6) is 11.5 Å². The molecule has 6 nitrogen and oxygen atoms in total. The van der Waals surface area contributed by atoms with Crippen molar-refractivity contribution in [1.29, 1.82) is 0 Å². The summed E-state index contributed by atoms with van der Waals surface area (Å²) >= 11 is 1.39. The van der Waals surface area contributed by atoms with Gasteiger partial charge in [0.2, 0.25) is 12.7 Å². The van der Waals surface area contributed by atoms with Crippen LogP contribution in [0.1, 0.15) is 11.1 Å². The van der Waals surface area contributed by atoms with Gasteiger partial charge in [-0.05, 0) is 23.8 Å². The number of amides is 1. The minimum atomic E-state index is -0.0572. The summed E-state index contributed by atoms with van der Waals surface area (Å²) in [6, 6.07) is 13.5. The summed E-state index contributed by atoms with van der Waals surface area (Å²) in [6.45, 7) is 4.81. The third-order valence-corrected chi connectivity index (χ3v) is 5.41. The Balaban J connectivity index is 1.34. The van der Waals surface area contributed by atoms with Crippen molar-refractivity contribution in [3.63, 3.8) is 0 Å². The maximum Gasteiger partial charge on any atom is 0.231 e. The molecule has 2 aliphatic heterocycles. The van der Waals surface area contributed by atoms with Gasteiger partial charge in [-0.2, -0.15) is 0 Å². The van der Waals surface area contributed by atoms with E-state index in [-0.39, 0.29) is 18.5 Å². The van der Waals surface area contributed by atoms with Crippen molar-refractivity contribution in [3.8, 4) is 11.5 Å². The van der Waals surface area contributed by atoms with Gasteiger partial charge in [0.05, 0.1) is 11.4 Å². The number of ether oxygens (including phenoxy) is 2. The second-order valence-corrected chi connectivity index (χ2v) is 7.11. The topological polar surface area (TPSA) is 63.2 Å². The van der Waals surface area contributed by atoms with E-state index >= 15 is 0 Å². The third-order valence-electron chi connectivity index (χ3n) is 4.38. The average molecular weight is 381 g/mol. The third kappa shape index (κ3) is 3.64. The standard InChI is InChI=1S/C20H19N3O3S/c1-13-15-5-3-4-6-16(15)22-20(23(13)2)27-11-19(24)21-10-14-7-8-17-18(9-14)26-12-25-17/h3-9H,1,10-12H2,2H3,(H,21,24). The molecule has 0 radical (unpaired) electrons. The van der Waals surface area contributed by atoms with Gasteiger partial charge in [0.1, 0.15) is 0 Å². The summed E-state index contributed by atoms with van der Waals surface area (Å²) in [5.41, 5.74) is 3.73. The normalized spacial score (nSPS) is 14.6. The molecule has 2 aliphatic rings. The van der Waals surface area contributed by atoms with E-state index < -0.39 is 0 Å². The number of carbonyl (C=O) groups excluding carboxylic acids is 1. The van der Waals surface area contributed by atoms with Crippen molar-refractivity contribution >= 4 is 34.2 Å². The van der Waals surface area contributed by atoms with Crippen LogP contribution in [0.3, 0.4) is 0 Å². The van der Waals surface area contributed by atoms with E-state index in [4.69, 9.17) is 9.47 Å². The molecule has 2 aromatic rings. The molecule has 0 aromatic heterocycles. The lowest BCUT2D eigenvalue weighted by atomic mass is 10.1. The van der Waals surface area contributed by atoms with E-state index in [2.05, 4.69) is 16.9 Å². The second-order valence-electron chi connectivity index (χ2n) is 6.17.